The fourth-order valence-corrected chi connectivity index (χ4v) is 3.96. The summed E-state index contributed by atoms with van der Waals surface area (Å²) in [5.74, 6) is 1.08. The second-order valence-electron chi connectivity index (χ2n) is 6.87. The van der Waals surface area contributed by atoms with Gasteiger partial charge in [0.1, 0.15) is 11.6 Å². The highest BCUT2D eigenvalue weighted by atomic mass is 32.2. The van der Waals surface area contributed by atoms with E-state index in [-0.39, 0.29) is 17.3 Å². The van der Waals surface area contributed by atoms with Crippen LogP contribution in [0.2, 0.25) is 0 Å². The fraction of sp³-hybridized carbons (Fsp3) is 0.217. The molecular weight excluding hydrogens is 428 g/mol. The first kappa shape index (κ1) is 23.2. The maximum absolute atomic E-state index is 12.4. The molecule has 1 amide bonds. The molecule has 8 nitrogen and oxygen atoms in total. The van der Waals surface area contributed by atoms with Crippen molar-refractivity contribution in [2.75, 3.05) is 23.3 Å². The van der Waals surface area contributed by atoms with E-state index < -0.39 is 10.0 Å². The molecule has 0 atom stereocenters. The van der Waals surface area contributed by atoms with Crippen LogP contribution in [-0.2, 0) is 21.4 Å². The summed E-state index contributed by atoms with van der Waals surface area (Å²) in [6, 6.07) is 13.3. The summed E-state index contributed by atoms with van der Waals surface area (Å²) in [5, 5.41) is 2.76. The Morgan fingerprint density at radius 2 is 1.84 bits per heavy atom. The summed E-state index contributed by atoms with van der Waals surface area (Å²) in [5.41, 5.74) is 1.29. The minimum atomic E-state index is -3.66. The maximum atomic E-state index is 12.4. The number of amides is 1. The molecule has 2 N–H and O–H groups in total. The summed E-state index contributed by atoms with van der Waals surface area (Å²) >= 11 is 0. The number of rotatable bonds is 10. The van der Waals surface area contributed by atoms with E-state index in [2.05, 4.69) is 33.8 Å². The Balaban J connectivity index is 1.56. The predicted octanol–water partition coefficient (Wildman–Crippen LogP) is 3.65. The van der Waals surface area contributed by atoms with Crippen LogP contribution in [0.25, 0.3) is 6.08 Å². The van der Waals surface area contributed by atoms with Crippen LogP contribution in [0.1, 0.15) is 25.2 Å². The Hall–Kier alpha value is -3.43. The third-order valence-electron chi connectivity index (χ3n) is 4.74. The van der Waals surface area contributed by atoms with Crippen molar-refractivity contribution in [1.29, 1.82) is 0 Å². The lowest BCUT2D eigenvalue weighted by Gasteiger charge is -2.19. The third kappa shape index (κ3) is 6.29. The number of sulfonamides is 1. The number of aromatic nitrogens is 1. The van der Waals surface area contributed by atoms with E-state index in [0.717, 1.165) is 18.9 Å². The standard InChI is InChI=1S/C23H26N4O4S/c1-3-27(4-2)22-13-10-19(16-24-22)26-23(28)14-9-18-7-11-21(12-8-18)32(29,30)25-17-20-6-5-15-31-20/h5-16,25H,3-4,17H2,1-2H3,(H,26,28)/b14-9+. The zero-order chi connectivity index (χ0) is 23.0. The van der Waals surface area contributed by atoms with Gasteiger partial charge in [-0.2, -0.15) is 0 Å². The highest BCUT2D eigenvalue weighted by Gasteiger charge is 2.14. The number of carbonyl (C=O) groups is 1. The molecule has 0 aliphatic carbocycles. The van der Waals surface area contributed by atoms with E-state index in [4.69, 9.17) is 4.42 Å². The van der Waals surface area contributed by atoms with Gasteiger partial charge in [0.2, 0.25) is 15.9 Å². The molecule has 0 bridgehead atoms. The highest BCUT2D eigenvalue weighted by molar-refractivity contribution is 7.89. The van der Waals surface area contributed by atoms with Gasteiger partial charge in [-0.05, 0) is 61.9 Å². The van der Waals surface area contributed by atoms with Crippen molar-refractivity contribution in [3.05, 3.63) is 78.4 Å². The van der Waals surface area contributed by atoms with Crippen molar-refractivity contribution in [3.8, 4) is 0 Å². The molecule has 1 aromatic carbocycles. The zero-order valence-electron chi connectivity index (χ0n) is 18.0. The summed E-state index contributed by atoms with van der Waals surface area (Å²) in [7, 11) is -3.66. The number of anilines is 2. The van der Waals surface area contributed by atoms with Crippen LogP contribution in [0.15, 0.2) is 76.4 Å². The average Bonchev–Trinajstić information content (AvgIpc) is 3.32. The molecule has 0 aliphatic heterocycles. The second-order valence-corrected chi connectivity index (χ2v) is 8.64. The number of hydrogen-bond acceptors (Lipinski definition) is 6. The molecule has 0 saturated carbocycles. The molecule has 0 radical (unpaired) electrons. The molecular formula is C23H26N4O4S. The van der Waals surface area contributed by atoms with E-state index >= 15 is 0 Å². The van der Waals surface area contributed by atoms with E-state index in [1.54, 1.807) is 36.5 Å². The normalized spacial score (nSPS) is 11.6. The first-order chi connectivity index (χ1) is 15.4. The summed E-state index contributed by atoms with van der Waals surface area (Å²) in [4.78, 5) is 18.8. The quantitative estimate of drug-likeness (QED) is 0.453. The smallest absolute Gasteiger partial charge is 0.248 e. The van der Waals surface area contributed by atoms with Crippen LogP contribution in [0, 0.1) is 0 Å². The molecule has 0 fully saturated rings. The fourth-order valence-electron chi connectivity index (χ4n) is 2.97. The zero-order valence-corrected chi connectivity index (χ0v) is 18.8. The number of nitrogens with zero attached hydrogens (tertiary/aromatic N) is 2. The Bertz CT molecular complexity index is 1140. The van der Waals surface area contributed by atoms with Crippen LogP contribution in [0.4, 0.5) is 11.5 Å². The van der Waals surface area contributed by atoms with E-state index in [1.165, 1.54) is 24.5 Å². The first-order valence-corrected chi connectivity index (χ1v) is 11.7. The predicted molar refractivity (Wildman–Crippen MR) is 125 cm³/mol. The van der Waals surface area contributed by atoms with Gasteiger partial charge in [0.05, 0.1) is 29.6 Å². The number of pyridine rings is 1. The molecule has 32 heavy (non-hydrogen) atoms. The molecule has 3 aromatic rings. The van der Waals surface area contributed by atoms with Crippen molar-refractivity contribution in [3.63, 3.8) is 0 Å². The summed E-state index contributed by atoms with van der Waals surface area (Å²) in [6.45, 7) is 5.91. The SMILES string of the molecule is CCN(CC)c1ccc(NC(=O)/C=C/c2ccc(S(=O)(=O)NCc3ccco3)cc2)cn1. The van der Waals surface area contributed by atoms with Crippen LogP contribution in [-0.4, -0.2) is 32.4 Å². The number of benzene rings is 1. The van der Waals surface area contributed by atoms with Gasteiger partial charge >= 0.3 is 0 Å². The van der Waals surface area contributed by atoms with E-state index in [9.17, 15) is 13.2 Å². The molecule has 0 aliphatic rings. The number of carbonyl (C=O) groups excluding carboxylic acids is 1. The van der Waals surface area contributed by atoms with Crippen LogP contribution in [0.3, 0.4) is 0 Å². The molecule has 2 aromatic heterocycles. The van der Waals surface area contributed by atoms with Gasteiger partial charge < -0.3 is 14.6 Å². The van der Waals surface area contributed by atoms with Crippen molar-refractivity contribution >= 4 is 33.5 Å². The van der Waals surface area contributed by atoms with Crippen LogP contribution >= 0.6 is 0 Å². The molecule has 0 unspecified atom stereocenters. The lowest BCUT2D eigenvalue weighted by molar-refractivity contribution is -0.111. The maximum Gasteiger partial charge on any atom is 0.248 e. The van der Waals surface area contributed by atoms with E-state index in [1.807, 2.05) is 12.1 Å². The van der Waals surface area contributed by atoms with Gasteiger partial charge in [-0.25, -0.2) is 18.1 Å². The largest absolute Gasteiger partial charge is 0.468 e. The Kier molecular flexibility index (Phi) is 7.80. The lowest BCUT2D eigenvalue weighted by atomic mass is 10.2. The Morgan fingerprint density at radius 1 is 1.09 bits per heavy atom. The minimum Gasteiger partial charge on any atom is -0.468 e. The molecule has 3 rings (SSSR count). The summed E-state index contributed by atoms with van der Waals surface area (Å²) in [6.07, 6.45) is 6.10. The van der Waals surface area contributed by atoms with Crippen LogP contribution in [0.5, 0.6) is 0 Å². The number of furan rings is 1. The van der Waals surface area contributed by atoms with Crippen molar-refractivity contribution < 1.29 is 17.6 Å². The third-order valence-corrected chi connectivity index (χ3v) is 6.15. The van der Waals surface area contributed by atoms with Crippen molar-refractivity contribution in [1.82, 2.24) is 9.71 Å². The van der Waals surface area contributed by atoms with Crippen molar-refractivity contribution in [2.24, 2.45) is 0 Å². The van der Waals surface area contributed by atoms with Gasteiger partial charge in [-0.15, -0.1) is 0 Å². The number of nitrogens with one attached hydrogen (secondary N) is 2. The highest BCUT2D eigenvalue weighted by Crippen LogP contribution is 2.15. The van der Waals surface area contributed by atoms with Gasteiger partial charge in [0, 0.05) is 19.2 Å². The lowest BCUT2D eigenvalue weighted by Crippen LogP contribution is -2.22. The van der Waals surface area contributed by atoms with Crippen molar-refractivity contribution in [2.45, 2.75) is 25.3 Å². The minimum absolute atomic E-state index is 0.0713. The molecule has 0 saturated heterocycles. The molecule has 2 heterocycles. The van der Waals surface area contributed by atoms with E-state index in [0.29, 0.717) is 17.0 Å². The first-order valence-electron chi connectivity index (χ1n) is 10.2. The van der Waals surface area contributed by atoms with Gasteiger partial charge in [-0.1, -0.05) is 12.1 Å². The van der Waals surface area contributed by atoms with Gasteiger partial charge in [-0.3, -0.25) is 4.79 Å². The topological polar surface area (TPSA) is 105 Å². The monoisotopic (exact) mass is 454 g/mol. The molecule has 0 spiro atoms. The average molecular weight is 455 g/mol. The van der Waals surface area contributed by atoms with Gasteiger partial charge in [0.15, 0.2) is 0 Å². The van der Waals surface area contributed by atoms with Crippen LogP contribution < -0.4 is 14.9 Å². The Morgan fingerprint density at radius 3 is 2.44 bits per heavy atom. The molecule has 9 heteroatoms. The summed E-state index contributed by atoms with van der Waals surface area (Å²) < 4.78 is 32.3. The van der Waals surface area contributed by atoms with Gasteiger partial charge in [0.25, 0.3) is 0 Å². The Labute approximate surface area is 188 Å². The number of hydrogen-bond donors (Lipinski definition) is 2. The molecule has 168 valence electrons. The second kappa shape index (κ2) is 10.7.